The summed E-state index contributed by atoms with van der Waals surface area (Å²) < 4.78 is 5.08. The first-order valence-electron chi connectivity index (χ1n) is 5.15. The molecule has 0 radical (unpaired) electrons. The van der Waals surface area contributed by atoms with Gasteiger partial charge in [-0.15, -0.1) is 11.3 Å². The van der Waals surface area contributed by atoms with E-state index in [0.717, 1.165) is 19.1 Å². The van der Waals surface area contributed by atoms with Gasteiger partial charge in [0.2, 0.25) is 0 Å². The van der Waals surface area contributed by atoms with Crippen molar-refractivity contribution in [3.63, 3.8) is 0 Å². The minimum Gasteiger partial charge on any atom is -0.379 e. The minimum absolute atomic E-state index is 0.743. The minimum atomic E-state index is 0.743. The first kappa shape index (κ1) is 10.1. The number of hydrogen-bond donors (Lipinski definition) is 1. The Morgan fingerprint density at radius 1 is 1.43 bits per heavy atom. The van der Waals surface area contributed by atoms with Gasteiger partial charge in [-0.3, -0.25) is 0 Å². The summed E-state index contributed by atoms with van der Waals surface area (Å²) in [6, 6.07) is 4.35. The molecular weight excluding hydrogens is 194 g/mol. The van der Waals surface area contributed by atoms with Crippen LogP contribution in [0.5, 0.6) is 0 Å². The molecule has 78 valence electrons. The molecule has 0 unspecified atom stereocenters. The molecule has 1 aromatic heterocycles. The third-order valence-electron chi connectivity index (χ3n) is 2.43. The van der Waals surface area contributed by atoms with Gasteiger partial charge in [0, 0.05) is 23.4 Å². The molecule has 0 atom stereocenters. The summed E-state index contributed by atoms with van der Waals surface area (Å²) in [6.45, 7) is 2.95. The molecular formula is C11H17NOS. The normalized spacial score (nSPS) is 16.1. The highest BCUT2D eigenvalue weighted by Gasteiger charge is 2.20. The predicted molar refractivity (Wildman–Crippen MR) is 59.5 cm³/mol. The summed E-state index contributed by atoms with van der Waals surface area (Å²) in [7, 11) is 1.74. The fourth-order valence-electron chi connectivity index (χ4n) is 1.46. The molecule has 0 spiro atoms. The molecule has 0 amide bonds. The molecule has 2 nitrogen and oxygen atoms in total. The van der Waals surface area contributed by atoms with E-state index in [1.807, 2.05) is 11.3 Å². The molecule has 0 aliphatic heterocycles. The molecule has 2 rings (SSSR count). The van der Waals surface area contributed by atoms with E-state index in [2.05, 4.69) is 17.4 Å². The lowest BCUT2D eigenvalue weighted by atomic mass is 10.4. The van der Waals surface area contributed by atoms with Gasteiger partial charge in [-0.05, 0) is 37.4 Å². The zero-order chi connectivity index (χ0) is 9.80. The lowest BCUT2D eigenvalue weighted by molar-refractivity contribution is 0.187. The molecule has 0 bridgehead atoms. The summed E-state index contributed by atoms with van der Waals surface area (Å²) in [5, 5.41) is 3.49. The largest absolute Gasteiger partial charge is 0.379 e. The standard InChI is InChI=1S/C11H17NOS/c1-13-8-11-5-4-10(14-11)7-12-6-9-2-3-9/h4-5,9,12H,2-3,6-8H2,1H3. The number of methoxy groups -OCH3 is 1. The maximum absolute atomic E-state index is 5.08. The Balaban J connectivity index is 1.71. The van der Waals surface area contributed by atoms with Crippen molar-refractivity contribution in [3.8, 4) is 0 Å². The zero-order valence-corrected chi connectivity index (χ0v) is 9.40. The van der Waals surface area contributed by atoms with E-state index < -0.39 is 0 Å². The Labute approximate surface area is 89.3 Å². The predicted octanol–water partition coefficient (Wildman–Crippen LogP) is 2.39. The molecule has 14 heavy (non-hydrogen) atoms. The Morgan fingerprint density at radius 2 is 2.21 bits per heavy atom. The lowest BCUT2D eigenvalue weighted by Gasteiger charge is -1.99. The van der Waals surface area contributed by atoms with Crippen LogP contribution >= 0.6 is 11.3 Å². The van der Waals surface area contributed by atoms with E-state index >= 15 is 0 Å². The lowest BCUT2D eigenvalue weighted by Crippen LogP contribution is -2.15. The number of ether oxygens (including phenoxy) is 1. The van der Waals surface area contributed by atoms with Crippen LogP contribution in [0.4, 0.5) is 0 Å². The maximum Gasteiger partial charge on any atom is 0.0805 e. The van der Waals surface area contributed by atoms with Crippen molar-refractivity contribution in [2.24, 2.45) is 5.92 Å². The van der Waals surface area contributed by atoms with Crippen molar-refractivity contribution in [3.05, 3.63) is 21.9 Å². The van der Waals surface area contributed by atoms with Gasteiger partial charge in [-0.1, -0.05) is 0 Å². The molecule has 1 aliphatic rings. The molecule has 1 fully saturated rings. The highest BCUT2D eigenvalue weighted by atomic mass is 32.1. The molecule has 1 saturated carbocycles. The van der Waals surface area contributed by atoms with E-state index in [9.17, 15) is 0 Å². The van der Waals surface area contributed by atoms with Crippen LogP contribution in [0, 0.1) is 5.92 Å². The van der Waals surface area contributed by atoms with E-state index in [1.165, 1.54) is 29.1 Å². The average Bonchev–Trinajstić information content (AvgIpc) is 2.88. The van der Waals surface area contributed by atoms with Crippen molar-refractivity contribution >= 4 is 11.3 Å². The van der Waals surface area contributed by atoms with Gasteiger partial charge in [0.05, 0.1) is 6.61 Å². The van der Waals surface area contributed by atoms with Crippen LogP contribution in [0.25, 0.3) is 0 Å². The first-order chi connectivity index (χ1) is 6.88. The van der Waals surface area contributed by atoms with Gasteiger partial charge in [-0.2, -0.15) is 0 Å². The summed E-state index contributed by atoms with van der Waals surface area (Å²) in [4.78, 5) is 2.73. The number of rotatable bonds is 6. The number of nitrogens with one attached hydrogen (secondary N) is 1. The molecule has 0 aromatic carbocycles. The number of thiophene rings is 1. The van der Waals surface area contributed by atoms with Crippen LogP contribution in [0.3, 0.4) is 0 Å². The van der Waals surface area contributed by atoms with Crippen LogP contribution in [0.1, 0.15) is 22.6 Å². The molecule has 1 N–H and O–H groups in total. The van der Waals surface area contributed by atoms with Crippen LogP contribution in [-0.4, -0.2) is 13.7 Å². The third kappa shape index (κ3) is 3.08. The second kappa shape index (κ2) is 4.91. The Bertz CT molecular complexity index is 281. The number of hydrogen-bond acceptors (Lipinski definition) is 3. The summed E-state index contributed by atoms with van der Waals surface area (Å²) in [6.07, 6.45) is 2.85. The van der Waals surface area contributed by atoms with Crippen LogP contribution in [0.2, 0.25) is 0 Å². The Morgan fingerprint density at radius 3 is 2.93 bits per heavy atom. The quantitative estimate of drug-likeness (QED) is 0.780. The van der Waals surface area contributed by atoms with Crippen LogP contribution in [-0.2, 0) is 17.9 Å². The average molecular weight is 211 g/mol. The molecule has 1 heterocycles. The van der Waals surface area contributed by atoms with Crippen LogP contribution in [0.15, 0.2) is 12.1 Å². The van der Waals surface area contributed by atoms with Crippen molar-refractivity contribution < 1.29 is 4.74 Å². The van der Waals surface area contributed by atoms with Gasteiger partial charge < -0.3 is 10.1 Å². The molecule has 1 aromatic rings. The summed E-state index contributed by atoms with van der Waals surface area (Å²) in [5.74, 6) is 0.966. The second-order valence-corrected chi connectivity index (χ2v) is 5.13. The van der Waals surface area contributed by atoms with Crippen molar-refractivity contribution in [2.75, 3.05) is 13.7 Å². The van der Waals surface area contributed by atoms with Crippen molar-refractivity contribution in [2.45, 2.75) is 26.0 Å². The monoisotopic (exact) mass is 211 g/mol. The zero-order valence-electron chi connectivity index (χ0n) is 8.58. The Hall–Kier alpha value is -0.380. The Kier molecular flexibility index (Phi) is 3.56. The van der Waals surface area contributed by atoms with Crippen molar-refractivity contribution in [1.82, 2.24) is 5.32 Å². The smallest absolute Gasteiger partial charge is 0.0805 e. The van der Waals surface area contributed by atoms with E-state index in [1.54, 1.807) is 7.11 Å². The SMILES string of the molecule is COCc1ccc(CNCC2CC2)s1. The van der Waals surface area contributed by atoms with E-state index in [4.69, 9.17) is 4.74 Å². The second-order valence-electron chi connectivity index (χ2n) is 3.88. The molecule has 3 heteroatoms. The molecule has 1 aliphatic carbocycles. The van der Waals surface area contributed by atoms with Gasteiger partial charge in [0.1, 0.15) is 0 Å². The van der Waals surface area contributed by atoms with Crippen molar-refractivity contribution in [1.29, 1.82) is 0 Å². The first-order valence-corrected chi connectivity index (χ1v) is 5.97. The van der Waals surface area contributed by atoms with Gasteiger partial charge in [0.25, 0.3) is 0 Å². The maximum atomic E-state index is 5.08. The third-order valence-corrected chi connectivity index (χ3v) is 3.49. The van der Waals surface area contributed by atoms with Crippen LogP contribution < -0.4 is 5.32 Å². The van der Waals surface area contributed by atoms with Gasteiger partial charge >= 0.3 is 0 Å². The topological polar surface area (TPSA) is 21.3 Å². The summed E-state index contributed by atoms with van der Waals surface area (Å²) >= 11 is 1.84. The van der Waals surface area contributed by atoms with Gasteiger partial charge in [-0.25, -0.2) is 0 Å². The fourth-order valence-corrected chi connectivity index (χ4v) is 2.42. The molecule has 0 saturated heterocycles. The van der Waals surface area contributed by atoms with E-state index in [0.29, 0.717) is 0 Å². The van der Waals surface area contributed by atoms with E-state index in [-0.39, 0.29) is 0 Å². The highest BCUT2D eigenvalue weighted by molar-refractivity contribution is 7.11. The summed E-state index contributed by atoms with van der Waals surface area (Å²) in [5.41, 5.74) is 0. The highest BCUT2D eigenvalue weighted by Crippen LogP contribution is 2.27. The fraction of sp³-hybridized carbons (Fsp3) is 0.636. The van der Waals surface area contributed by atoms with Gasteiger partial charge in [0.15, 0.2) is 0 Å².